The summed E-state index contributed by atoms with van der Waals surface area (Å²) in [6.07, 6.45) is 0. The molecular formula is C15H17ClO4S. The summed E-state index contributed by atoms with van der Waals surface area (Å²) < 4.78 is 10.3. The minimum Gasteiger partial charge on any atom is -0.495 e. The van der Waals surface area contributed by atoms with E-state index in [1.165, 1.54) is 24.9 Å². The van der Waals surface area contributed by atoms with Crippen LogP contribution in [0.15, 0.2) is 11.0 Å². The molecule has 6 heteroatoms. The molecule has 0 spiro atoms. The number of benzene rings is 1. The Hall–Kier alpha value is -1.20. The Morgan fingerprint density at radius 1 is 1.48 bits per heavy atom. The van der Waals surface area contributed by atoms with E-state index in [0.29, 0.717) is 21.2 Å². The number of hydrogen-bond acceptors (Lipinski definition) is 5. The van der Waals surface area contributed by atoms with Gasteiger partial charge in [0.05, 0.1) is 24.3 Å². The van der Waals surface area contributed by atoms with Gasteiger partial charge in [0.25, 0.3) is 0 Å². The summed E-state index contributed by atoms with van der Waals surface area (Å²) in [6.45, 7) is 5.70. The number of ketones is 1. The first-order valence-electron chi connectivity index (χ1n) is 6.58. The average molecular weight is 329 g/mol. The molecule has 21 heavy (non-hydrogen) atoms. The highest BCUT2D eigenvalue weighted by Crippen LogP contribution is 2.47. The van der Waals surface area contributed by atoms with Crippen molar-refractivity contribution in [3.63, 3.8) is 0 Å². The fourth-order valence-corrected chi connectivity index (χ4v) is 3.72. The molecule has 114 valence electrons. The number of ether oxygens (including phenoxy) is 2. The summed E-state index contributed by atoms with van der Waals surface area (Å²) in [5.41, 5.74) is 0.0470. The monoisotopic (exact) mass is 328 g/mol. The number of Topliss-reactive ketones (excluding diaryl/α,β-unsaturated/α-hetero) is 1. The minimum atomic E-state index is -0.541. The van der Waals surface area contributed by atoms with Gasteiger partial charge < -0.3 is 9.47 Å². The summed E-state index contributed by atoms with van der Waals surface area (Å²) in [5.74, 6) is 0.278. The highest BCUT2D eigenvalue weighted by atomic mass is 35.5. The van der Waals surface area contributed by atoms with E-state index in [4.69, 9.17) is 21.1 Å². The summed E-state index contributed by atoms with van der Waals surface area (Å²) in [5, 5.41) is 0.378. The van der Waals surface area contributed by atoms with Crippen LogP contribution in [0.1, 0.15) is 41.5 Å². The van der Waals surface area contributed by atoms with Gasteiger partial charge in [0.2, 0.25) is 0 Å². The fraction of sp³-hybridized carbons (Fsp3) is 0.467. The Kier molecular flexibility index (Phi) is 4.54. The topological polar surface area (TPSA) is 52.6 Å². The Morgan fingerprint density at radius 2 is 2.14 bits per heavy atom. The van der Waals surface area contributed by atoms with Gasteiger partial charge in [0, 0.05) is 16.1 Å². The van der Waals surface area contributed by atoms with Crippen LogP contribution in [-0.2, 0) is 4.74 Å². The highest BCUT2D eigenvalue weighted by molar-refractivity contribution is 7.99. The molecule has 1 aromatic rings. The Bertz CT molecular complexity index is 610. The number of halogens is 1. The molecule has 1 aliphatic heterocycles. The van der Waals surface area contributed by atoms with Crippen molar-refractivity contribution in [1.82, 2.24) is 0 Å². The number of thioether (sulfide) groups is 1. The molecule has 1 heterocycles. The molecule has 0 amide bonds. The van der Waals surface area contributed by atoms with Gasteiger partial charge in [0.15, 0.2) is 5.78 Å². The Morgan fingerprint density at radius 3 is 2.71 bits per heavy atom. The van der Waals surface area contributed by atoms with Gasteiger partial charge in [-0.2, -0.15) is 0 Å². The quantitative estimate of drug-likeness (QED) is 0.789. The molecule has 0 unspecified atom stereocenters. The molecule has 0 N–H and O–H groups in total. The number of hydrogen-bond donors (Lipinski definition) is 0. The second-order valence-electron chi connectivity index (χ2n) is 5.37. The highest BCUT2D eigenvalue weighted by Gasteiger charge is 2.39. The van der Waals surface area contributed by atoms with Crippen LogP contribution in [0.3, 0.4) is 0 Å². The van der Waals surface area contributed by atoms with Gasteiger partial charge in [-0.3, -0.25) is 4.79 Å². The van der Waals surface area contributed by atoms with E-state index in [2.05, 4.69) is 0 Å². The SMILES string of the molecule is CCOC(=O)c1cc(Cl)c2c(c1OC)C(=O)C(C)(C)CS2. The van der Waals surface area contributed by atoms with Gasteiger partial charge in [-0.25, -0.2) is 4.79 Å². The minimum absolute atomic E-state index is 0.0684. The van der Waals surface area contributed by atoms with Gasteiger partial charge >= 0.3 is 5.97 Å². The van der Waals surface area contributed by atoms with E-state index >= 15 is 0 Å². The normalized spacial score (nSPS) is 16.3. The second kappa shape index (κ2) is 5.89. The van der Waals surface area contributed by atoms with Crippen LogP contribution in [0.2, 0.25) is 5.02 Å². The van der Waals surface area contributed by atoms with Crippen LogP contribution < -0.4 is 4.74 Å². The van der Waals surface area contributed by atoms with E-state index in [0.717, 1.165) is 0 Å². The van der Waals surface area contributed by atoms with Gasteiger partial charge in [-0.1, -0.05) is 25.4 Å². The molecule has 0 bridgehead atoms. The van der Waals surface area contributed by atoms with Crippen molar-refractivity contribution in [3.8, 4) is 5.75 Å². The molecule has 0 fully saturated rings. The van der Waals surface area contributed by atoms with Crippen molar-refractivity contribution in [2.45, 2.75) is 25.7 Å². The third-order valence-electron chi connectivity index (χ3n) is 3.31. The summed E-state index contributed by atoms with van der Waals surface area (Å²) in [6, 6.07) is 1.51. The number of methoxy groups -OCH3 is 1. The lowest BCUT2D eigenvalue weighted by Crippen LogP contribution is -2.31. The van der Waals surface area contributed by atoms with Gasteiger partial charge in [0.1, 0.15) is 11.3 Å². The van der Waals surface area contributed by atoms with Crippen molar-refractivity contribution in [3.05, 3.63) is 22.2 Å². The van der Waals surface area contributed by atoms with Crippen molar-refractivity contribution in [2.75, 3.05) is 19.5 Å². The lowest BCUT2D eigenvalue weighted by Gasteiger charge is -2.31. The Labute approximate surface area is 133 Å². The van der Waals surface area contributed by atoms with Crippen molar-refractivity contribution >= 4 is 35.1 Å². The third kappa shape index (κ3) is 2.77. The maximum absolute atomic E-state index is 12.7. The predicted octanol–water partition coefficient (Wildman–Crippen LogP) is 3.84. The van der Waals surface area contributed by atoms with Gasteiger partial charge in [-0.05, 0) is 13.0 Å². The first-order chi connectivity index (χ1) is 9.83. The molecule has 0 aliphatic carbocycles. The lowest BCUT2D eigenvalue weighted by molar-refractivity contribution is 0.0522. The molecule has 0 saturated carbocycles. The fourth-order valence-electron chi connectivity index (χ4n) is 2.19. The molecule has 1 aliphatic rings. The van der Waals surface area contributed by atoms with Gasteiger partial charge in [-0.15, -0.1) is 11.8 Å². The third-order valence-corrected chi connectivity index (χ3v) is 5.29. The van der Waals surface area contributed by atoms with Crippen molar-refractivity contribution < 1.29 is 19.1 Å². The average Bonchev–Trinajstić information content (AvgIpc) is 2.43. The first kappa shape index (κ1) is 16.2. The smallest absolute Gasteiger partial charge is 0.341 e. The number of esters is 1. The molecule has 1 aromatic carbocycles. The summed E-state index contributed by atoms with van der Waals surface area (Å²) >= 11 is 7.75. The van der Waals surface area contributed by atoms with Crippen LogP contribution in [0, 0.1) is 5.41 Å². The van der Waals surface area contributed by atoms with Crippen LogP contribution in [0.5, 0.6) is 5.75 Å². The van der Waals surface area contributed by atoms with Crippen LogP contribution in [0.25, 0.3) is 0 Å². The molecule has 0 radical (unpaired) electrons. The van der Waals surface area contributed by atoms with Crippen LogP contribution in [-0.4, -0.2) is 31.2 Å². The standard InChI is InChI=1S/C15H17ClO4S/c1-5-20-14(18)8-6-9(16)12-10(11(8)19-4)13(17)15(2,3)7-21-12/h6H,5,7H2,1-4H3. The number of rotatable bonds is 3. The summed E-state index contributed by atoms with van der Waals surface area (Å²) in [7, 11) is 1.44. The van der Waals surface area contributed by atoms with E-state index in [1.54, 1.807) is 6.92 Å². The molecule has 0 aromatic heterocycles. The van der Waals surface area contributed by atoms with Crippen molar-refractivity contribution in [1.29, 1.82) is 0 Å². The zero-order chi connectivity index (χ0) is 15.8. The van der Waals surface area contributed by atoms with Crippen LogP contribution >= 0.6 is 23.4 Å². The molecule has 4 nitrogen and oxygen atoms in total. The van der Waals surface area contributed by atoms with Crippen LogP contribution in [0.4, 0.5) is 0 Å². The molecular weight excluding hydrogens is 312 g/mol. The van der Waals surface area contributed by atoms with Crippen molar-refractivity contribution in [2.24, 2.45) is 5.41 Å². The Balaban J connectivity index is 2.69. The zero-order valence-electron chi connectivity index (χ0n) is 12.4. The molecule has 0 saturated heterocycles. The number of carbonyl (C=O) groups is 2. The number of fused-ring (bicyclic) bond motifs is 1. The predicted molar refractivity (Wildman–Crippen MR) is 82.8 cm³/mol. The summed E-state index contributed by atoms with van der Waals surface area (Å²) in [4.78, 5) is 25.4. The van der Waals surface area contributed by atoms with E-state index in [9.17, 15) is 9.59 Å². The first-order valence-corrected chi connectivity index (χ1v) is 7.95. The van der Waals surface area contributed by atoms with E-state index in [1.807, 2.05) is 13.8 Å². The largest absolute Gasteiger partial charge is 0.495 e. The number of carbonyl (C=O) groups excluding carboxylic acids is 2. The van der Waals surface area contributed by atoms with E-state index in [-0.39, 0.29) is 23.7 Å². The zero-order valence-corrected chi connectivity index (χ0v) is 14.0. The maximum atomic E-state index is 12.7. The van der Waals surface area contributed by atoms with E-state index < -0.39 is 11.4 Å². The lowest BCUT2D eigenvalue weighted by atomic mass is 9.84. The molecule has 0 atom stereocenters. The maximum Gasteiger partial charge on any atom is 0.341 e. The molecule has 2 rings (SSSR count). The second-order valence-corrected chi connectivity index (χ2v) is 6.76.